The van der Waals surface area contributed by atoms with E-state index in [2.05, 4.69) is 69.8 Å². The van der Waals surface area contributed by atoms with E-state index in [4.69, 9.17) is 11.6 Å². The predicted molar refractivity (Wildman–Crippen MR) is 99.3 cm³/mol. The molecule has 2 aromatic rings. The van der Waals surface area contributed by atoms with Gasteiger partial charge in [0.05, 0.1) is 0 Å². The molecule has 0 bridgehead atoms. The second kappa shape index (κ2) is 5.82. The average molecular weight is 347 g/mol. The molecule has 1 atom stereocenters. The van der Waals surface area contributed by atoms with Gasteiger partial charge in [0.15, 0.2) is 5.50 Å². The summed E-state index contributed by atoms with van der Waals surface area (Å²) >= 11 is 8.20. The number of hydrogen-bond acceptors (Lipinski definition) is 4. The highest BCUT2D eigenvalue weighted by molar-refractivity contribution is 8.03. The van der Waals surface area contributed by atoms with Crippen molar-refractivity contribution >= 4 is 40.0 Å². The van der Waals surface area contributed by atoms with Gasteiger partial charge in [-0.05, 0) is 43.6 Å². The number of nitrogens with zero attached hydrogens (tertiary/aromatic N) is 3. The number of rotatable bonds is 4. The normalized spacial score (nSPS) is 20.0. The van der Waals surface area contributed by atoms with Crippen molar-refractivity contribution in [3.05, 3.63) is 52.9 Å². The average Bonchev–Trinajstić information content (AvgIpc) is 3.18. The molecule has 0 aliphatic carbocycles. The fourth-order valence-electron chi connectivity index (χ4n) is 3.04. The van der Waals surface area contributed by atoms with Crippen molar-refractivity contribution in [2.45, 2.75) is 11.9 Å². The number of aromatic nitrogens is 1. The van der Waals surface area contributed by atoms with Crippen LogP contribution in [-0.4, -0.2) is 40.9 Å². The molecule has 1 aromatic carbocycles. The van der Waals surface area contributed by atoms with E-state index in [9.17, 15) is 0 Å². The van der Waals surface area contributed by atoms with Crippen LogP contribution in [-0.2, 0) is 6.42 Å². The van der Waals surface area contributed by atoms with Crippen LogP contribution in [0.3, 0.4) is 0 Å². The zero-order valence-electron chi connectivity index (χ0n) is 13.2. The van der Waals surface area contributed by atoms with Crippen LogP contribution in [0.1, 0.15) is 5.56 Å². The Kier molecular flexibility index (Phi) is 3.79. The summed E-state index contributed by atoms with van der Waals surface area (Å²) in [5.41, 5.74) is 3.84. The highest BCUT2D eigenvalue weighted by Gasteiger charge is 2.34. The Labute approximate surface area is 145 Å². The Bertz CT molecular complexity index is 795. The minimum absolute atomic E-state index is 0.197. The third-order valence-corrected chi connectivity index (χ3v) is 5.51. The molecule has 1 unspecified atom stereocenters. The molecule has 120 valence electrons. The summed E-state index contributed by atoms with van der Waals surface area (Å²) in [7, 11) is 4.21. The van der Waals surface area contributed by atoms with Gasteiger partial charge in [-0.15, -0.1) is 0 Å². The number of thioether (sulfide) groups is 1. The van der Waals surface area contributed by atoms with Gasteiger partial charge in [-0.1, -0.05) is 29.4 Å². The molecule has 2 aliphatic rings. The number of anilines is 1. The van der Waals surface area contributed by atoms with Gasteiger partial charge in [0.1, 0.15) is 5.16 Å². The van der Waals surface area contributed by atoms with Crippen molar-refractivity contribution in [3.8, 4) is 0 Å². The maximum atomic E-state index is 6.44. The number of aromatic amines is 1. The fourth-order valence-corrected chi connectivity index (χ4v) is 4.38. The lowest BCUT2D eigenvalue weighted by Gasteiger charge is -2.27. The van der Waals surface area contributed by atoms with Crippen molar-refractivity contribution in [1.29, 1.82) is 0 Å². The van der Waals surface area contributed by atoms with E-state index < -0.39 is 0 Å². The standard InChI is InChI=1S/C17H19ClN4S/c1-20(2)6-5-12-10-19-15-9-13(3-4-14(12)15)22-16(18)11-21-7-8-23-17(21)22/h3-4,7-11,17,19H,5-6H2,1-2H3. The van der Waals surface area contributed by atoms with Crippen LogP contribution < -0.4 is 4.90 Å². The summed E-state index contributed by atoms with van der Waals surface area (Å²) in [5.74, 6) is 0. The second-order valence-electron chi connectivity index (χ2n) is 6.11. The third-order valence-electron chi connectivity index (χ3n) is 4.25. The van der Waals surface area contributed by atoms with E-state index in [1.807, 2.05) is 6.20 Å². The van der Waals surface area contributed by atoms with Gasteiger partial charge >= 0.3 is 0 Å². The van der Waals surface area contributed by atoms with Crippen LogP contribution in [0, 0.1) is 0 Å². The number of nitrogens with one attached hydrogen (secondary N) is 1. The molecule has 4 nitrogen and oxygen atoms in total. The Balaban J connectivity index is 1.64. The van der Waals surface area contributed by atoms with E-state index >= 15 is 0 Å². The van der Waals surface area contributed by atoms with Gasteiger partial charge in [-0.25, -0.2) is 0 Å². The first-order valence-electron chi connectivity index (χ1n) is 7.64. The van der Waals surface area contributed by atoms with E-state index in [0.717, 1.165) is 29.3 Å². The predicted octanol–water partition coefficient (Wildman–Crippen LogP) is 3.93. The maximum Gasteiger partial charge on any atom is 0.163 e. The summed E-state index contributed by atoms with van der Waals surface area (Å²) in [6, 6.07) is 6.55. The summed E-state index contributed by atoms with van der Waals surface area (Å²) in [4.78, 5) is 9.91. The Morgan fingerprint density at radius 3 is 3.04 bits per heavy atom. The zero-order valence-corrected chi connectivity index (χ0v) is 14.7. The summed E-state index contributed by atoms with van der Waals surface area (Å²) in [6.45, 7) is 1.05. The van der Waals surface area contributed by atoms with Crippen LogP contribution in [0.15, 0.2) is 47.4 Å². The van der Waals surface area contributed by atoms with Crippen LogP contribution in [0.5, 0.6) is 0 Å². The minimum atomic E-state index is 0.197. The molecular formula is C17H19ClN4S. The highest BCUT2D eigenvalue weighted by Crippen LogP contribution is 2.41. The molecule has 0 fully saturated rings. The monoisotopic (exact) mass is 346 g/mol. The number of hydrogen-bond donors (Lipinski definition) is 1. The fraction of sp³-hybridized carbons (Fsp3) is 0.294. The largest absolute Gasteiger partial charge is 0.361 e. The summed E-state index contributed by atoms with van der Waals surface area (Å²) in [6.07, 6.45) is 7.21. The van der Waals surface area contributed by atoms with Crippen LogP contribution in [0.4, 0.5) is 5.69 Å². The first kappa shape index (κ1) is 15.0. The molecule has 0 spiro atoms. The molecule has 0 saturated heterocycles. The molecule has 0 amide bonds. The van der Waals surface area contributed by atoms with Crippen molar-refractivity contribution in [2.24, 2.45) is 0 Å². The summed E-state index contributed by atoms with van der Waals surface area (Å²) in [5, 5.41) is 4.15. The number of halogens is 1. The lowest BCUT2D eigenvalue weighted by molar-refractivity contribution is 0.414. The van der Waals surface area contributed by atoms with Crippen molar-refractivity contribution in [3.63, 3.8) is 0 Å². The number of fused-ring (bicyclic) bond motifs is 2. The van der Waals surface area contributed by atoms with Gasteiger partial charge in [-0.2, -0.15) is 0 Å². The van der Waals surface area contributed by atoms with E-state index in [1.54, 1.807) is 11.8 Å². The SMILES string of the molecule is CN(C)CCc1c[nH]c2cc(N3C(Cl)=CN4C=CSC43)ccc12. The Hall–Kier alpha value is -1.56. The zero-order chi connectivity index (χ0) is 16.0. The van der Waals surface area contributed by atoms with Crippen LogP contribution >= 0.6 is 23.4 Å². The molecule has 23 heavy (non-hydrogen) atoms. The first-order valence-corrected chi connectivity index (χ1v) is 8.96. The molecule has 0 saturated carbocycles. The maximum absolute atomic E-state index is 6.44. The molecule has 6 heteroatoms. The van der Waals surface area contributed by atoms with Gasteiger partial charge in [-0.3, -0.25) is 4.90 Å². The molecule has 4 rings (SSSR count). The van der Waals surface area contributed by atoms with E-state index in [-0.39, 0.29) is 5.50 Å². The summed E-state index contributed by atoms with van der Waals surface area (Å²) < 4.78 is 0. The van der Waals surface area contributed by atoms with Crippen molar-refractivity contribution < 1.29 is 0 Å². The molecule has 3 heterocycles. The molecule has 1 aromatic heterocycles. The topological polar surface area (TPSA) is 25.5 Å². The lowest BCUT2D eigenvalue weighted by atomic mass is 10.1. The first-order chi connectivity index (χ1) is 11.1. The number of H-pyrrole nitrogens is 1. The highest BCUT2D eigenvalue weighted by atomic mass is 35.5. The molecular weight excluding hydrogens is 328 g/mol. The minimum Gasteiger partial charge on any atom is -0.361 e. The van der Waals surface area contributed by atoms with Crippen LogP contribution in [0.2, 0.25) is 0 Å². The third kappa shape index (κ3) is 2.63. The van der Waals surface area contributed by atoms with Crippen molar-refractivity contribution in [1.82, 2.24) is 14.8 Å². The lowest BCUT2D eigenvalue weighted by Crippen LogP contribution is -2.31. The van der Waals surface area contributed by atoms with Crippen LogP contribution in [0.25, 0.3) is 10.9 Å². The van der Waals surface area contributed by atoms with Gasteiger partial charge in [0.2, 0.25) is 0 Å². The Morgan fingerprint density at radius 1 is 1.35 bits per heavy atom. The Morgan fingerprint density at radius 2 is 2.22 bits per heavy atom. The van der Waals surface area contributed by atoms with E-state index in [1.165, 1.54) is 10.9 Å². The number of likely N-dealkylation sites (N-methyl/N-ethyl adjacent to an activating group) is 1. The second-order valence-corrected chi connectivity index (χ2v) is 7.47. The number of benzene rings is 1. The smallest absolute Gasteiger partial charge is 0.163 e. The molecule has 1 N–H and O–H groups in total. The van der Waals surface area contributed by atoms with Gasteiger partial charge < -0.3 is 14.8 Å². The van der Waals surface area contributed by atoms with Gasteiger partial charge in [0.25, 0.3) is 0 Å². The molecule has 0 radical (unpaired) electrons. The molecule has 2 aliphatic heterocycles. The van der Waals surface area contributed by atoms with Gasteiger partial charge in [0, 0.05) is 41.7 Å². The van der Waals surface area contributed by atoms with Crippen molar-refractivity contribution in [2.75, 3.05) is 25.5 Å². The quantitative estimate of drug-likeness (QED) is 0.848. The van der Waals surface area contributed by atoms with E-state index in [0.29, 0.717) is 0 Å².